The van der Waals surface area contributed by atoms with Gasteiger partial charge < -0.3 is 0 Å². The second-order valence-electron chi connectivity index (χ2n) is 6.97. The molecule has 0 fully saturated rings. The van der Waals surface area contributed by atoms with E-state index in [0.29, 0.717) is 11.4 Å². The minimum absolute atomic E-state index is 0.131. The van der Waals surface area contributed by atoms with E-state index in [1.807, 2.05) is 37.3 Å². The molecule has 0 saturated heterocycles. The van der Waals surface area contributed by atoms with Gasteiger partial charge in [-0.15, -0.1) is 0 Å². The Hall–Kier alpha value is -1.91. The summed E-state index contributed by atoms with van der Waals surface area (Å²) in [6, 6.07) is 15.2. The number of unbranched alkanes of at least 4 members (excludes halogenated alkanes) is 2. The van der Waals surface area contributed by atoms with Crippen molar-refractivity contribution in [2.75, 3.05) is 0 Å². The first kappa shape index (κ1) is 18.9. The van der Waals surface area contributed by atoms with E-state index in [0.717, 1.165) is 36.8 Å². The van der Waals surface area contributed by atoms with Gasteiger partial charge in [0, 0.05) is 12.6 Å². The molecule has 1 atom stereocenters. The molecule has 0 N–H and O–H groups in total. The van der Waals surface area contributed by atoms with E-state index >= 15 is 0 Å². The van der Waals surface area contributed by atoms with Crippen molar-refractivity contribution in [1.29, 1.82) is 0 Å². The minimum atomic E-state index is -3.53. The van der Waals surface area contributed by atoms with E-state index in [9.17, 15) is 8.42 Å². The molecule has 1 aliphatic heterocycles. The number of hydrogen-bond donors (Lipinski definition) is 0. The van der Waals surface area contributed by atoms with Gasteiger partial charge >= 0.3 is 0 Å². The van der Waals surface area contributed by atoms with Crippen LogP contribution in [0.25, 0.3) is 0 Å². The molecule has 2 aromatic rings. The van der Waals surface area contributed by atoms with E-state index in [2.05, 4.69) is 25.1 Å². The number of nitrogens with zero attached hydrogens (tertiary/aromatic N) is 1. The second-order valence-corrected chi connectivity index (χ2v) is 8.86. The van der Waals surface area contributed by atoms with Crippen molar-refractivity contribution in [3.05, 3.63) is 77.4 Å². The number of benzene rings is 2. The van der Waals surface area contributed by atoms with Crippen LogP contribution in [0, 0.1) is 6.92 Å². The van der Waals surface area contributed by atoms with Crippen LogP contribution >= 0.6 is 0 Å². The molecule has 26 heavy (non-hydrogen) atoms. The van der Waals surface area contributed by atoms with Crippen LogP contribution in [0.3, 0.4) is 0 Å². The molecule has 0 aliphatic carbocycles. The third-order valence-corrected chi connectivity index (χ3v) is 6.84. The highest BCUT2D eigenvalue weighted by atomic mass is 32.2. The molecule has 0 saturated carbocycles. The average molecular weight is 370 g/mol. The van der Waals surface area contributed by atoms with Gasteiger partial charge in [-0.1, -0.05) is 73.9 Å². The molecule has 4 heteroatoms. The Balaban J connectivity index is 1.95. The Labute approximate surface area is 157 Å². The van der Waals surface area contributed by atoms with Gasteiger partial charge in [-0.05, 0) is 43.0 Å². The van der Waals surface area contributed by atoms with Crippen molar-refractivity contribution in [2.45, 2.75) is 57.0 Å². The lowest BCUT2D eigenvalue weighted by atomic mass is 9.95. The lowest BCUT2D eigenvalue weighted by Crippen LogP contribution is -2.43. The fourth-order valence-corrected chi connectivity index (χ4v) is 4.93. The summed E-state index contributed by atoms with van der Waals surface area (Å²) >= 11 is 0. The lowest BCUT2D eigenvalue weighted by molar-refractivity contribution is 0.334. The molecule has 3 rings (SSSR count). The summed E-state index contributed by atoms with van der Waals surface area (Å²) in [7, 11) is -3.53. The SMILES string of the molecule is CCCC/C=C/C1Cc2ccccc2CN1S(=O)(=O)c1ccc(C)cc1. The van der Waals surface area contributed by atoms with Crippen molar-refractivity contribution < 1.29 is 8.42 Å². The van der Waals surface area contributed by atoms with E-state index in [-0.39, 0.29) is 6.04 Å². The van der Waals surface area contributed by atoms with Crippen LogP contribution in [0.4, 0.5) is 0 Å². The third kappa shape index (κ3) is 4.08. The van der Waals surface area contributed by atoms with Crippen LogP contribution in [0.1, 0.15) is 42.9 Å². The second kappa shape index (κ2) is 8.19. The molecular formula is C22H27NO2S. The molecular weight excluding hydrogens is 342 g/mol. The van der Waals surface area contributed by atoms with Gasteiger partial charge in [0.15, 0.2) is 0 Å². The van der Waals surface area contributed by atoms with Crippen molar-refractivity contribution >= 4 is 10.0 Å². The zero-order chi connectivity index (χ0) is 18.6. The van der Waals surface area contributed by atoms with E-state index < -0.39 is 10.0 Å². The van der Waals surface area contributed by atoms with Gasteiger partial charge in [-0.25, -0.2) is 8.42 Å². The first-order chi connectivity index (χ1) is 12.5. The average Bonchev–Trinajstić information content (AvgIpc) is 2.65. The molecule has 0 amide bonds. The number of rotatable bonds is 6. The van der Waals surface area contributed by atoms with Crippen molar-refractivity contribution in [3.63, 3.8) is 0 Å². The van der Waals surface area contributed by atoms with E-state index in [1.165, 1.54) is 5.56 Å². The summed E-state index contributed by atoms with van der Waals surface area (Å²) in [5, 5.41) is 0. The number of sulfonamides is 1. The zero-order valence-electron chi connectivity index (χ0n) is 15.6. The van der Waals surface area contributed by atoms with Crippen molar-refractivity contribution in [3.8, 4) is 0 Å². The van der Waals surface area contributed by atoms with Gasteiger partial charge in [0.2, 0.25) is 10.0 Å². The molecule has 0 radical (unpaired) electrons. The molecule has 0 spiro atoms. The fourth-order valence-electron chi connectivity index (χ4n) is 3.37. The molecule has 1 unspecified atom stereocenters. The van der Waals surface area contributed by atoms with Crippen molar-refractivity contribution in [2.24, 2.45) is 0 Å². The van der Waals surface area contributed by atoms with E-state index in [4.69, 9.17) is 0 Å². The van der Waals surface area contributed by atoms with Crippen LogP contribution in [0.15, 0.2) is 65.6 Å². The number of fused-ring (bicyclic) bond motifs is 1. The highest BCUT2D eigenvalue weighted by molar-refractivity contribution is 7.89. The first-order valence-corrected chi connectivity index (χ1v) is 10.8. The predicted octanol–water partition coefficient (Wildman–Crippen LogP) is 4.86. The quantitative estimate of drug-likeness (QED) is 0.539. The van der Waals surface area contributed by atoms with Crippen LogP contribution in [-0.2, 0) is 23.0 Å². The smallest absolute Gasteiger partial charge is 0.207 e. The minimum Gasteiger partial charge on any atom is -0.207 e. The molecule has 0 bridgehead atoms. The normalized spacial score (nSPS) is 18.2. The van der Waals surface area contributed by atoms with Gasteiger partial charge in [0.05, 0.1) is 4.90 Å². The van der Waals surface area contributed by atoms with Gasteiger partial charge in [-0.3, -0.25) is 0 Å². The van der Waals surface area contributed by atoms with Gasteiger partial charge in [0.1, 0.15) is 0 Å². The Morgan fingerprint density at radius 2 is 1.77 bits per heavy atom. The summed E-state index contributed by atoms with van der Waals surface area (Å²) in [4.78, 5) is 0.370. The summed E-state index contributed by atoms with van der Waals surface area (Å²) < 4.78 is 28.3. The molecule has 138 valence electrons. The van der Waals surface area contributed by atoms with Crippen LogP contribution < -0.4 is 0 Å². The molecule has 2 aromatic carbocycles. The Kier molecular flexibility index (Phi) is 5.94. The summed E-state index contributed by atoms with van der Waals surface area (Å²) in [5.74, 6) is 0. The molecule has 1 heterocycles. The maximum absolute atomic E-state index is 13.3. The topological polar surface area (TPSA) is 37.4 Å². The number of hydrogen-bond acceptors (Lipinski definition) is 2. The predicted molar refractivity (Wildman–Crippen MR) is 107 cm³/mol. The zero-order valence-corrected chi connectivity index (χ0v) is 16.4. The standard InChI is InChI=1S/C22H27NO2S/c1-3-4-5-6-11-21-16-19-9-7-8-10-20(19)17-23(21)26(24,25)22-14-12-18(2)13-15-22/h6-15,21H,3-5,16-17H2,1-2H3/b11-6+. The van der Waals surface area contributed by atoms with Crippen LogP contribution in [-0.4, -0.2) is 18.8 Å². The van der Waals surface area contributed by atoms with Crippen LogP contribution in [0.2, 0.25) is 0 Å². The van der Waals surface area contributed by atoms with Gasteiger partial charge in [-0.2, -0.15) is 4.31 Å². The maximum atomic E-state index is 13.3. The molecule has 0 aromatic heterocycles. The van der Waals surface area contributed by atoms with Crippen molar-refractivity contribution in [1.82, 2.24) is 4.31 Å². The number of allylic oxidation sites excluding steroid dienone is 1. The summed E-state index contributed by atoms with van der Waals surface area (Å²) in [6.07, 6.45) is 8.21. The Bertz CT molecular complexity index is 869. The summed E-state index contributed by atoms with van der Waals surface area (Å²) in [5.41, 5.74) is 3.40. The lowest BCUT2D eigenvalue weighted by Gasteiger charge is -2.34. The van der Waals surface area contributed by atoms with Crippen LogP contribution in [0.5, 0.6) is 0 Å². The highest BCUT2D eigenvalue weighted by Crippen LogP contribution is 2.30. The Morgan fingerprint density at radius 1 is 1.08 bits per heavy atom. The largest absolute Gasteiger partial charge is 0.243 e. The summed E-state index contributed by atoms with van der Waals surface area (Å²) in [6.45, 7) is 4.56. The molecule has 1 aliphatic rings. The Morgan fingerprint density at radius 3 is 2.46 bits per heavy atom. The first-order valence-electron chi connectivity index (χ1n) is 9.34. The molecule has 3 nitrogen and oxygen atoms in total. The maximum Gasteiger partial charge on any atom is 0.243 e. The number of aryl methyl sites for hydroxylation is 1. The fraction of sp³-hybridized carbons (Fsp3) is 0.364. The van der Waals surface area contributed by atoms with Gasteiger partial charge in [0.25, 0.3) is 0 Å². The monoisotopic (exact) mass is 369 g/mol. The van der Waals surface area contributed by atoms with E-state index in [1.54, 1.807) is 16.4 Å². The third-order valence-electron chi connectivity index (χ3n) is 4.95. The highest BCUT2D eigenvalue weighted by Gasteiger charge is 2.34.